The van der Waals surface area contributed by atoms with Crippen molar-refractivity contribution < 1.29 is 9.72 Å². The summed E-state index contributed by atoms with van der Waals surface area (Å²) < 4.78 is 0. The fourth-order valence-electron chi connectivity index (χ4n) is 2.12. The summed E-state index contributed by atoms with van der Waals surface area (Å²) in [6.45, 7) is 0. The van der Waals surface area contributed by atoms with Gasteiger partial charge < -0.3 is 4.98 Å². The maximum atomic E-state index is 12.1. The molecular weight excluding hydrogens is 362 g/mol. The third kappa shape index (κ3) is 3.73. The Morgan fingerprint density at radius 2 is 2.00 bits per heavy atom. The smallest absolute Gasteiger partial charge is 0.302 e. The molecule has 2 aromatic carbocycles. The van der Waals surface area contributed by atoms with Crippen LogP contribution in [-0.2, 0) is 0 Å². The van der Waals surface area contributed by atoms with Crippen LogP contribution in [0.4, 0.5) is 5.69 Å². The van der Waals surface area contributed by atoms with Crippen LogP contribution in [0.25, 0.3) is 10.9 Å². The van der Waals surface area contributed by atoms with Crippen LogP contribution in [0, 0.1) is 10.1 Å². The molecular formula is C16H10ClN5O4. The van der Waals surface area contributed by atoms with E-state index in [0.29, 0.717) is 10.6 Å². The number of aromatic nitrogens is 2. The molecule has 0 aliphatic heterocycles. The molecule has 10 heteroatoms. The second-order valence-corrected chi connectivity index (χ2v) is 5.56. The molecule has 0 saturated carbocycles. The minimum Gasteiger partial charge on any atom is -0.302 e. The summed E-state index contributed by atoms with van der Waals surface area (Å²) in [7, 11) is 0. The fraction of sp³-hybridized carbons (Fsp3) is 0. The van der Waals surface area contributed by atoms with Gasteiger partial charge in [-0.25, -0.2) is 10.4 Å². The Bertz CT molecular complexity index is 1090. The highest BCUT2D eigenvalue weighted by Crippen LogP contribution is 2.16. The number of fused-ring (bicyclic) bond motifs is 1. The average molecular weight is 372 g/mol. The van der Waals surface area contributed by atoms with Crippen LogP contribution >= 0.6 is 11.6 Å². The minimum absolute atomic E-state index is 0.0143. The number of hydrogen-bond acceptors (Lipinski definition) is 6. The predicted molar refractivity (Wildman–Crippen MR) is 95.5 cm³/mol. The number of nitro groups is 1. The lowest BCUT2D eigenvalue weighted by Gasteiger charge is -2.02. The Balaban J connectivity index is 1.82. The lowest BCUT2D eigenvalue weighted by atomic mass is 10.2. The summed E-state index contributed by atoms with van der Waals surface area (Å²) in [4.78, 5) is 40.6. The van der Waals surface area contributed by atoms with Gasteiger partial charge in [-0.05, 0) is 23.8 Å². The zero-order valence-corrected chi connectivity index (χ0v) is 13.7. The van der Waals surface area contributed by atoms with Gasteiger partial charge in [0.1, 0.15) is 0 Å². The predicted octanol–water partition coefficient (Wildman–Crippen LogP) is 2.25. The molecule has 0 spiro atoms. The largest absolute Gasteiger partial charge is 0.307 e. The van der Waals surface area contributed by atoms with Gasteiger partial charge in [0.25, 0.3) is 11.2 Å². The van der Waals surface area contributed by atoms with E-state index in [9.17, 15) is 19.7 Å². The van der Waals surface area contributed by atoms with E-state index < -0.39 is 16.4 Å². The van der Waals surface area contributed by atoms with Crippen LogP contribution in [0.15, 0.2) is 52.4 Å². The molecule has 0 fully saturated rings. The molecule has 0 radical (unpaired) electrons. The third-order valence-electron chi connectivity index (χ3n) is 3.36. The van der Waals surface area contributed by atoms with Crippen molar-refractivity contribution >= 4 is 40.3 Å². The molecule has 1 amide bonds. The number of carbonyl (C=O) groups excluding carboxylic acids is 1. The van der Waals surface area contributed by atoms with Crippen LogP contribution < -0.4 is 11.0 Å². The molecule has 3 rings (SSSR count). The molecule has 1 aromatic heterocycles. The first kappa shape index (κ1) is 17.2. The van der Waals surface area contributed by atoms with Crippen molar-refractivity contribution in [3.8, 4) is 0 Å². The normalized spacial score (nSPS) is 11.0. The summed E-state index contributed by atoms with van der Waals surface area (Å²) in [6, 6.07) is 10.4. The number of nitrogens with one attached hydrogen (secondary N) is 2. The van der Waals surface area contributed by atoms with Crippen molar-refractivity contribution in [3.05, 3.63) is 79.3 Å². The number of non-ortho nitro benzene ring substituents is 1. The molecule has 0 aliphatic rings. The molecule has 2 N–H and O–H groups in total. The van der Waals surface area contributed by atoms with Gasteiger partial charge in [0.2, 0.25) is 5.82 Å². The Hall–Kier alpha value is -3.59. The number of hydrazone groups is 1. The van der Waals surface area contributed by atoms with Crippen LogP contribution in [0.2, 0.25) is 5.02 Å². The third-order valence-corrected chi connectivity index (χ3v) is 3.62. The minimum atomic E-state index is -0.729. The number of H-pyrrole nitrogens is 1. The first-order chi connectivity index (χ1) is 12.4. The van der Waals surface area contributed by atoms with Gasteiger partial charge in [-0.15, -0.1) is 0 Å². The topological polar surface area (TPSA) is 130 Å². The van der Waals surface area contributed by atoms with Gasteiger partial charge in [-0.1, -0.05) is 23.7 Å². The van der Waals surface area contributed by atoms with Gasteiger partial charge in [-0.2, -0.15) is 5.10 Å². The van der Waals surface area contributed by atoms with E-state index in [0.717, 1.165) is 6.07 Å². The number of carbonyl (C=O) groups is 1. The van der Waals surface area contributed by atoms with E-state index in [1.165, 1.54) is 18.3 Å². The maximum absolute atomic E-state index is 12.1. The summed E-state index contributed by atoms with van der Waals surface area (Å²) >= 11 is 5.77. The highest BCUT2D eigenvalue weighted by atomic mass is 35.5. The summed E-state index contributed by atoms with van der Waals surface area (Å²) in [5.41, 5.74) is 2.21. The molecule has 0 unspecified atom stereocenters. The molecule has 1 heterocycles. The van der Waals surface area contributed by atoms with Crippen molar-refractivity contribution in [2.75, 3.05) is 0 Å². The molecule has 0 atom stereocenters. The van der Waals surface area contributed by atoms with E-state index in [-0.39, 0.29) is 22.4 Å². The number of halogens is 1. The SMILES string of the molecule is O=C(N/N=C/c1ccc(Cl)cc1)c1nc2ccc([N+](=O)[O-])cc2c(=O)[nH]1. The Morgan fingerprint density at radius 1 is 1.27 bits per heavy atom. The molecule has 130 valence electrons. The average Bonchev–Trinajstić information content (AvgIpc) is 2.62. The van der Waals surface area contributed by atoms with Gasteiger partial charge in [0.05, 0.1) is 22.0 Å². The lowest BCUT2D eigenvalue weighted by molar-refractivity contribution is -0.384. The number of nitro benzene ring substituents is 1. The van der Waals surface area contributed by atoms with Gasteiger partial charge in [0.15, 0.2) is 0 Å². The Labute approximate surface area is 150 Å². The van der Waals surface area contributed by atoms with E-state index >= 15 is 0 Å². The molecule has 9 nitrogen and oxygen atoms in total. The molecule has 26 heavy (non-hydrogen) atoms. The summed E-state index contributed by atoms with van der Waals surface area (Å²) in [5, 5.41) is 15.1. The van der Waals surface area contributed by atoms with Gasteiger partial charge >= 0.3 is 5.91 Å². The molecule has 0 saturated heterocycles. The van der Waals surface area contributed by atoms with Crippen molar-refractivity contribution in [3.63, 3.8) is 0 Å². The van der Waals surface area contributed by atoms with Crippen LogP contribution in [-0.4, -0.2) is 27.0 Å². The Kier molecular flexibility index (Phi) is 4.72. The van der Waals surface area contributed by atoms with Crippen LogP contribution in [0.3, 0.4) is 0 Å². The van der Waals surface area contributed by atoms with E-state index in [4.69, 9.17) is 11.6 Å². The summed E-state index contributed by atoms with van der Waals surface area (Å²) in [5.74, 6) is -0.989. The van der Waals surface area contributed by atoms with E-state index in [1.807, 2.05) is 0 Å². The van der Waals surface area contributed by atoms with Crippen molar-refractivity contribution in [1.29, 1.82) is 0 Å². The highest BCUT2D eigenvalue weighted by Gasteiger charge is 2.14. The quantitative estimate of drug-likeness (QED) is 0.412. The van der Waals surface area contributed by atoms with Gasteiger partial charge in [0, 0.05) is 17.2 Å². The zero-order chi connectivity index (χ0) is 18.7. The first-order valence-electron chi connectivity index (χ1n) is 7.21. The second kappa shape index (κ2) is 7.11. The molecule has 0 bridgehead atoms. The number of rotatable bonds is 4. The zero-order valence-electron chi connectivity index (χ0n) is 13.0. The number of benzene rings is 2. The van der Waals surface area contributed by atoms with Crippen LogP contribution in [0.1, 0.15) is 16.2 Å². The second-order valence-electron chi connectivity index (χ2n) is 5.12. The summed E-state index contributed by atoms with van der Waals surface area (Å²) in [6.07, 6.45) is 1.40. The lowest BCUT2D eigenvalue weighted by Crippen LogP contribution is -2.24. The number of hydrogen-bond donors (Lipinski definition) is 2. The standard InChI is InChI=1S/C16H10ClN5O4/c17-10-3-1-9(2-4-10)8-18-21-16(24)14-19-13-6-5-11(22(25)26)7-12(13)15(23)20-14/h1-8H,(H,21,24)(H,19,20,23)/b18-8+. The number of nitrogens with zero attached hydrogens (tertiary/aromatic N) is 3. The Morgan fingerprint density at radius 3 is 2.69 bits per heavy atom. The van der Waals surface area contributed by atoms with E-state index in [1.54, 1.807) is 24.3 Å². The van der Waals surface area contributed by atoms with Crippen molar-refractivity contribution in [2.45, 2.75) is 0 Å². The van der Waals surface area contributed by atoms with Crippen molar-refractivity contribution in [1.82, 2.24) is 15.4 Å². The molecule has 0 aliphatic carbocycles. The fourth-order valence-corrected chi connectivity index (χ4v) is 2.24. The van der Waals surface area contributed by atoms with Gasteiger partial charge in [-0.3, -0.25) is 19.7 Å². The maximum Gasteiger partial charge on any atom is 0.307 e. The first-order valence-corrected chi connectivity index (χ1v) is 7.59. The monoisotopic (exact) mass is 371 g/mol. The molecule has 3 aromatic rings. The van der Waals surface area contributed by atoms with Crippen molar-refractivity contribution in [2.24, 2.45) is 5.10 Å². The highest BCUT2D eigenvalue weighted by molar-refractivity contribution is 6.30. The van der Waals surface area contributed by atoms with E-state index in [2.05, 4.69) is 20.5 Å². The number of amides is 1. The number of aromatic amines is 1. The van der Waals surface area contributed by atoms with Crippen LogP contribution in [0.5, 0.6) is 0 Å².